The normalized spacial score (nSPS) is 16.7. The lowest BCUT2D eigenvalue weighted by molar-refractivity contribution is 0.220. The van der Waals surface area contributed by atoms with E-state index in [1.54, 1.807) is 0 Å². The van der Waals surface area contributed by atoms with E-state index >= 15 is 0 Å². The van der Waals surface area contributed by atoms with Gasteiger partial charge < -0.3 is 4.98 Å². The standard InChI is InChI=1S/C16H19ClN2O/c1-11-13(10-19-8-3-2-4-9-19)16(20)12-6-5-7-14(17)15(12)18-11/h5-7H,2-4,8-10H2,1H3,(H,18,20). The van der Waals surface area contributed by atoms with Crippen molar-refractivity contribution in [3.05, 3.63) is 44.7 Å². The fourth-order valence-electron chi connectivity index (χ4n) is 2.97. The van der Waals surface area contributed by atoms with Crippen molar-refractivity contribution in [1.82, 2.24) is 9.88 Å². The van der Waals surface area contributed by atoms with E-state index in [-0.39, 0.29) is 5.43 Å². The topological polar surface area (TPSA) is 36.1 Å². The highest BCUT2D eigenvalue weighted by Gasteiger charge is 2.16. The van der Waals surface area contributed by atoms with Gasteiger partial charge in [-0.2, -0.15) is 0 Å². The molecule has 0 bridgehead atoms. The molecule has 4 heteroatoms. The molecule has 1 N–H and O–H groups in total. The Labute approximate surface area is 123 Å². The van der Waals surface area contributed by atoms with Crippen molar-refractivity contribution in [1.29, 1.82) is 0 Å². The van der Waals surface area contributed by atoms with E-state index in [0.29, 0.717) is 10.4 Å². The highest BCUT2D eigenvalue weighted by molar-refractivity contribution is 6.35. The Morgan fingerprint density at radius 2 is 2.00 bits per heavy atom. The van der Waals surface area contributed by atoms with Gasteiger partial charge in [-0.1, -0.05) is 24.1 Å². The van der Waals surface area contributed by atoms with E-state index in [0.717, 1.165) is 36.4 Å². The van der Waals surface area contributed by atoms with Gasteiger partial charge in [0.25, 0.3) is 0 Å². The van der Waals surface area contributed by atoms with Crippen LogP contribution in [0.25, 0.3) is 10.9 Å². The van der Waals surface area contributed by atoms with E-state index < -0.39 is 0 Å². The van der Waals surface area contributed by atoms with Gasteiger partial charge in [0.1, 0.15) is 0 Å². The molecule has 0 atom stereocenters. The molecule has 20 heavy (non-hydrogen) atoms. The molecule has 2 aromatic rings. The number of halogens is 1. The maximum atomic E-state index is 12.7. The SMILES string of the molecule is Cc1[nH]c2c(Cl)cccc2c(=O)c1CN1CCCCC1. The van der Waals surface area contributed by atoms with Gasteiger partial charge in [0.05, 0.1) is 10.5 Å². The number of hydrogen-bond donors (Lipinski definition) is 1. The second kappa shape index (κ2) is 5.58. The van der Waals surface area contributed by atoms with E-state index in [9.17, 15) is 4.79 Å². The fourth-order valence-corrected chi connectivity index (χ4v) is 3.19. The molecule has 1 aromatic heterocycles. The third kappa shape index (κ3) is 2.48. The first kappa shape index (κ1) is 13.7. The molecule has 2 heterocycles. The second-order valence-corrected chi connectivity index (χ2v) is 5.96. The number of para-hydroxylation sites is 1. The van der Waals surface area contributed by atoms with Crippen LogP contribution in [0.2, 0.25) is 5.02 Å². The Morgan fingerprint density at radius 3 is 2.75 bits per heavy atom. The number of aromatic amines is 1. The number of rotatable bonds is 2. The summed E-state index contributed by atoms with van der Waals surface area (Å²) < 4.78 is 0. The van der Waals surface area contributed by atoms with Crippen LogP contribution in [0.4, 0.5) is 0 Å². The minimum atomic E-state index is 0.115. The maximum absolute atomic E-state index is 12.7. The van der Waals surface area contributed by atoms with Gasteiger partial charge in [0, 0.05) is 23.2 Å². The number of H-pyrrole nitrogens is 1. The van der Waals surface area contributed by atoms with Crippen LogP contribution in [-0.4, -0.2) is 23.0 Å². The number of nitrogens with zero attached hydrogens (tertiary/aromatic N) is 1. The summed E-state index contributed by atoms with van der Waals surface area (Å²) >= 11 is 6.16. The Kier molecular flexibility index (Phi) is 3.81. The molecule has 0 saturated carbocycles. The lowest BCUT2D eigenvalue weighted by Gasteiger charge is -2.26. The highest BCUT2D eigenvalue weighted by atomic mass is 35.5. The van der Waals surface area contributed by atoms with E-state index in [1.165, 1.54) is 19.3 Å². The van der Waals surface area contributed by atoms with Gasteiger partial charge in [-0.15, -0.1) is 0 Å². The summed E-state index contributed by atoms with van der Waals surface area (Å²) in [5.41, 5.74) is 2.67. The minimum absolute atomic E-state index is 0.115. The van der Waals surface area contributed by atoms with Gasteiger partial charge >= 0.3 is 0 Å². The van der Waals surface area contributed by atoms with Crippen molar-refractivity contribution in [3.63, 3.8) is 0 Å². The molecule has 0 unspecified atom stereocenters. The first-order valence-corrected chi connectivity index (χ1v) is 7.57. The number of benzene rings is 1. The molecule has 0 amide bonds. The molecule has 0 radical (unpaired) electrons. The Bertz CT molecular complexity index is 687. The van der Waals surface area contributed by atoms with Crippen molar-refractivity contribution in [2.45, 2.75) is 32.7 Å². The summed E-state index contributed by atoms with van der Waals surface area (Å²) in [6.45, 7) is 4.88. The number of hydrogen-bond acceptors (Lipinski definition) is 2. The van der Waals surface area contributed by atoms with Crippen molar-refractivity contribution in [2.75, 3.05) is 13.1 Å². The third-order valence-electron chi connectivity index (χ3n) is 4.13. The zero-order valence-electron chi connectivity index (χ0n) is 11.7. The van der Waals surface area contributed by atoms with Crippen LogP contribution in [0.15, 0.2) is 23.0 Å². The summed E-state index contributed by atoms with van der Waals surface area (Å²) in [5.74, 6) is 0. The first-order chi connectivity index (χ1) is 9.66. The molecule has 106 valence electrons. The van der Waals surface area contributed by atoms with E-state index in [4.69, 9.17) is 11.6 Å². The second-order valence-electron chi connectivity index (χ2n) is 5.56. The van der Waals surface area contributed by atoms with Crippen LogP contribution in [0.3, 0.4) is 0 Å². The first-order valence-electron chi connectivity index (χ1n) is 7.19. The summed E-state index contributed by atoms with van der Waals surface area (Å²) in [4.78, 5) is 18.3. The number of aryl methyl sites for hydroxylation is 1. The Balaban J connectivity index is 2.04. The summed E-state index contributed by atoms with van der Waals surface area (Å²) in [5, 5.41) is 1.29. The van der Waals surface area contributed by atoms with Crippen LogP contribution in [-0.2, 0) is 6.54 Å². The number of piperidine rings is 1. The molecule has 3 nitrogen and oxygen atoms in total. The molecular weight excluding hydrogens is 272 g/mol. The summed E-state index contributed by atoms with van der Waals surface area (Å²) in [6.07, 6.45) is 3.77. The average Bonchev–Trinajstić information content (AvgIpc) is 2.46. The molecule has 1 fully saturated rings. The third-order valence-corrected chi connectivity index (χ3v) is 4.44. The van der Waals surface area contributed by atoms with Crippen LogP contribution in [0.1, 0.15) is 30.5 Å². The lowest BCUT2D eigenvalue weighted by Crippen LogP contribution is -2.32. The lowest BCUT2D eigenvalue weighted by atomic mass is 10.1. The zero-order valence-corrected chi connectivity index (χ0v) is 12.5. The van der Waals surface area contributed by atoms with Crippen LogP contribution < -0.4 is 5.43 Å². The van der Waals surface area contributed by atoms with Gasteiger partial charge in [-0.3, -0.25) is 9.69 Å². The molecule has 1 aliphatic rings. The van der Waals surface area contributed by atoms with Crippen molar-refractivity contribution >= 4 is 22.5 Å². The highest BCUT2D eigenvalue weighted by Crippen LogP contribution is 2.21. The molecule has 1 saturated heterocycles. The van der Waals surface area contributed by atoms with Crippen LogP contribution >= 0.6 is 11.6 Å². The van der Waals surface area contributed by atoms with E-state index in [1.807, 2.05) is 25.1 Å². The van der Waals surface area contributed by atoms with Gasteiger partial charge in [0.2, 0.25) is 0 Å². The van der Waals surface area contributed by atoms with Gasteiger partial charge in [0.15, 0.2) is 5.43 Å². The molecule has 3 rings (SSSR count). The van der Waals surface area contributed by atoms with Crippen LogP contribution in [0, 0.1) is 6.92 Å². The maximum Gasteiger partial charge on any atom is 0.194 e. The van der Waals surface area contributed by atoms with E-state index in [2.05, 4.69) is 9.88 Å². The predicted molar refractivity (Wildman–Crippen MR) is 83.4 cm³/mol. The molecule has 1 aromatic carbocycles. The predicted octanol–water partition coefficient (Wildman–Crippen LogP) is 3.48. The van der Waals surface area contributed by atoms with Gasteiger partial charge in [-0.25, -0.2) is 0 Å². The number of pyridine rings is 1. The smallest absolute Gasteiger partial charge is 0.194 e. The zero-order chi connectivity index (χ0) is 14.1. The average molecular weight is 291 g/mol. The summed E-state index contributed by atoms with van der Waals surface area (Å²) in [6, 6.07) is 5.49. The van der Waals surface area contributed by atoms with Crippen molar-refractivity contribution in [3.8, 4) is 0 Å². The number of nitrogens with one attached hydrogen (secondary N) is 1. The molecule has 1 aliphatic heterocycles. The molecule has 0 spiro atoms. The van der Waals surface area contributed by atoms with Crippen molar-refractivity contribution in [2.24, 2.45) is 0 Å². The summed E-state index contributed by atoms with van der Waals surface area (Å²) in [7, 11) is 0. The van der Waals surface area contributed by atoms with Crippen LogP contribution in [0.5, 0.6) is 0 Å². The van der Waals surface area contributed by atoms with Gasteiger partial charge in [-0.05, 0) is 45.0 Å². The molecular formula is C16H19ClN2O. The minimum Gasteiger partial charge on any atom is -0.357 e. The number of fused-ring (bicyclic) bond motifs is 1. The number of aromatic nitrogens is 1. The van der Waals surface area contributed by atoms with Crippen molar-refractivity contribution < 1.29 is 0 Å². The largest absolute Gasteiger partial charge is 0.357 e. The fraction of sp³-hybridized carbons (Fsp3) is 0.438. The quantitative estimate of drug-likeness (QED) is 0.919. The number of likely N-dealkylation sites (tertiary alicyclic amines) is 1. The Hall–Kier alpha value is -1.32. The Morgan fingerprint density at radius 1 is 1.25 bits per heavy atom. The molecule has 0 aliphatic carbocycles. The monoisotopic (exact) mass is 290 g/mol.